The molecule has 160 valence electrons. The quantitative estimate of drug-likeness (QED) is 0.374. The van der Waals surface area contributed by atoms with E-state index in [0.29, 0.717) is 0 Å². The summed E-state index contributed by atoms with van der Waals surface area (Å²) in [6.45, 7) is 10.0. The van der Waals surface area contributed by atoms with Gasteiger partial charge in [-0.25, -0.2) is 5.43 Å². The molecular formula is C25H28N4O2. The summed E-state index contributed by atoms with van der Waals surface area (Å²) in [5, 5.41) is 6.67. The number of para-hydroxylation sites is 1. The largest absolute Gasteiger partial charge is 0.341 e. The fourth-order valence-corrected chi connectivity index (χ4v) is 3.72. The van der Waals surface area contributed by atoms with Crippen molar-refractivity contribution in [1.82, 2.24) is 15.3 Å². The van der Waals surface area contributed by atoms with Crippen LogP contribution in [0.1, 0.15) is 46.6 Å². The van der Waals surface area contributed by atoms with Gasteiger partial charge in [0.1, 0.15) is 0 Å². The van der Waals surface area contributed by atoms with E-state index in [9.17, 15) is 9.59 Å². The first-order valence-electron chi connectivity index (χ1n) is 10.2. The number of nitrogens with zero attached hydrogens (tertiary/aromatic N) is 2. The van der Waals surface area contributed by atoms with E-state index in [0.717, 1.165) is 28.2 Å². The molecule has 6 heteroatoms. The minimum atomic E-state index is -0.803. The summed E-state index contributed by atoms with van der Waals surface area (Å²) < 4.78 is 2.18. The molecule has 3 aromatic rings. The number of carbonyl (C=O) groups is 2. The van der Waals surface area contributed by atoms with Crippen molar-refractivity contribution in [2.45, 2.75) is 40.7 Å². The fourth-order valence-electron chi connectivity index (χ4n) is 3.72. The van der Waals surface area contributed by atoms with Crippen LogP contribution in [0, 0.1) is 27.7 Å². The Bertz CT molecular complexity index is 1110. The number of aryl methyl sites for hydroxylation is 3. The number of carbonyl (C=O) groups excluding carboxylic acids is 2. The molecule has 3 rings (SSSR count). The third kappa shape index (κ3) is 4.91. The predicted octanol–water partition coefficient (Wildman–Crippen LogP) is 4.04. The normalized spacial score (nSPS) is 12.0. The van der Waals surface area contributed by atoms with Gasteiger partial charge < -0.3 is 9.88 Å². The second-order valence-electron chi connectivity index (χ2n) is 7.71. The lowest BCUT2D eigenvalue weighted by Crippen LogP contribution is -2.39. The van der Waals surface area contributed by atoms with Gasteiger partial charge in [0.2, 0.25) is 0 Å². The summed E-state index contributed by atoms with van der Waals surface area (Å²) in [7, 11) is 0. The number of amides is 2. The Labute approximate surface area is 183 Å². The van der Waals surface area contributed by atoms with Crippen LogP contribution in [0.2, 0.25) is 0 Å². The minimum Gasteiger partial charge on any atom is -0.341 e. The van der Waals surface area contributed by atoms with Crippen LogP contribution in [0.4, 0.5) is 0 Å². The molecule has 0 aliphatic heterocycles. The van der Waals surface area contributed by atoms with E-state index in [1.807, 2.05) is 63.2 Å². The van der Waals surface area contributed by atoms with Gasteiger partial charge in [0, 0.05) is 17.0 Å². The summed E-state index contributed by atoms with van der Waals surface area (Å²) in [5.41, 5.74) is 9.70. The Balaban J connectivity index is 1.69. The zero-order valence-electron chi connectivity index (χ0n) is 18.6. The highest BCUT2D eigenvalue weighted by molar-refractivity contribution is 6.35. The molecule has 0 spiro atoms. The van der Waals surface area contributed by atoms with Crippen LogP contribution in [-0.2, 0) is 9.59 Å². The monoisotopic (exact) mass is 416 g/mol. The molecule has 6 nitrogen and oxygen atoms in total. The van der Waals surface area contributed by atoms with Crippen molar-refractivity contribution >= 4 is 18.0 Å². The average molecular weight is 417 g/mol. The van der Waals surface area contributed by atoms with Gasteiger partial charge in [0.15, 0.2) is 0 Å². The molecule has 0 fully saturated rings. The van der Waals surface area contributed by atoms with Gasteiger partial charge in [-0.1, -0.05) is 48.5 Å². The number of rotatable bonds is 5. The maximum Gasteiger partial charge on any atom is 0.329 e. The van der Waals surface area contributed by atoms with Crippen LogP contribution in [-0.4, -0.2) is 22.6 Å². The van der Waals surface area contributed by atoms with E-state index in [2.05, 4.69) is 46.4 Å². The topological polar surface area (TPSA) is 75.5 Å². The second-order valence-corrected chi connectivity index (χ2v) is 7.71. The van der Waals surface area contributed by atoms with Gasteiger partial charge in [-0.15, -0.1) is 0 Å². The Kier molecular flexibility index (Phi) is 6.70. The highest BCUT2D eigenvalue weighted by atomic mass is 16.2. The van der Waals surface area contributed by atoms with E-state index in [-0.39, 0.29) is 6.04 Å². The van der Waals surface area contributed by atoms with Crippen LogP contribution >= 0.6 is 0 Å². The van der Waals surface area contributed by atoms with E-state index >= 15 is 0 Å². The first-order valence-corrected chi connectivity index (χ1v) is 10.2. The smallest absolute Gasteiger partial charge is 0.329 e. The second kappa shape index (κ2) is 9.43. The Morgan fingerprint density at radius 1 is 0.935 bits per heavy atom. The van der Waals surface area contributed by atoms with Crippen LogP contribution in [0.5, 0.6) is 0 Å². The number of benzene rings is 2. The van der Waals surface area contributed by atoms with Crippen molar-refractivity contribution in [2.24, 2.45) is 5.10 Å². The first-order chi connectivity index (χ1) is 14.8. The molecule has 0 radical (unpaired) electrons. The Morgan fingerprint density at radius 3 is 2.23 bits per heavy atom. The molecule has 2 N–H and O–H groups in total. The third-order valence-corrected chi connectivity index (χ3v) is 5.36. The van der Waals surface area contributed by atoms with Crippen molar-refractivity contribution < 1.29 is 9.59 Å². The van der Waals surface area contributed by atoms with E-state index in [1.54, 1.807) is 6.21 Å². The van der Waals surface area contributed by atoms with E-state index in [4.69, 9.17) is 0 Å². The van der Waals surface area contributed by atoms with Crippen LogP contribution in [0.25, 0.3) is 5.69 Å². The highest BCUT2D eigenvalue weighted by Gasteiger charge is 2.17. The summed E-state index contributed by atoms with van der Waals surface area (Å²) in [4.78, 5) is 24.3. The van der Waals surface area contributed by atoms with Crippen molar-refractivity contribution in [2.75, 3.05) is 0 Å². The Morgan fingerprint density at radius 2 is 1.58 bits per heavy atom. The third-order valence-electron chi connectivity index (χ3n) is 5.36. The molecule has 2 aromatic carbocycles. The predicted molar refractivity (Wildman–Crippen MR) is 123 cm³/mol. The van der Waals surface area contributed by atoms with E-state index < -0.39 is 11.8 Å². The Hall–Kier alpha value is -3.67. The van der Waals surface area contributed by atoms with Crippen LogP contribution < -0.4 is 10.7 Å². The summed E-state index contributed by atoms with van der Waals surface area (Å²) in [6, 6.07) is 17.4. The van der Waals surface area contributed by atoms with Crippen molar-refractivity contribution in [1.29, 1.82) is 0 Å². The average Bonchev–Trinajstić information content (AvgIpc) is 3.02. The van der Waals surface area contributed by atoms with Gasteiger partial charge >= 0.3 is 11.8 Å². The van der Waals surface area contributed by atoms with Gasteiger partial charge in [0.05, 0.1) is 17.9 Å². The number of aromatic nitrogens is 1. The molecule has 0 unspecified atom stereocenters. The number of nitrogens with one attached hydrogen (secondary N) is 2. The molecule has 0 bridgehead atoms. The first kappa shape index (κ1) is 22.0. The van der Waals surface area contributed by atoms with Crippen LogP contribution in [0.3, 0.4) is 0 Å². The lowest BCUT2D eigenvalue weighted by molar-refractivity contribution is -0.139. The SMILES string of the molecule is Cc1cccc(C)c1-n1c(C)cc(/C=N\NC(=O)C(=O)N[C@H](C)c2ccccc2)c1C. The highest BCUT2D eigenvalue weighted by Crippen LogP contribution is 2.25. The summed E-state index contributed by atoms with van der Waals surface area (Å²) in [5.74, 6) is -1.53. The zero-order valence-corrected chi connectivity index (χ0v) is 18.6. The molecule has 0 saturated carbocycles. The lowest BCUT2D eigenvalue weighted by Gasteiger charge is -2.15. The van der Waals surface area contributed by atoms with Gasteiger partial charge in [-0.2, -0.15) is 5.10 Å². The van der Waals surface area contributed by atoms with Crippen LogP contribution in [0.15, 0.2) is 59.7 Å². The summed E-state index contributed by atoms with van der Waals surface area (Å²) in [6.07, 6.45) is 1.57. The van der Waals surface area contributed by atoms with Crippen molar-refractivity contribution in [3.63, 3.8) is 0 Å². The van der Waals surface area contributed by atoms with E-state index in [1.165, 1.54) is 11.1 Å². The molecule has 2 amide bonds. The maximum atomic E-state index is 12.2. The molecule has 1 aromatic heterocycles. The number of hydrazone groups is 1. The minimum absolute atomic E-state index is 0.278. The molecule has 1 heterocycles. The summed E-state index contributed by atoms with van der Waals surface area (Å²) >= 11 is 0. The molecule has 31 heavy (non-hydrogen) atoms. The maximum absolute atomic E-state index is 12.2. The molecule has 0 aliphatic carbocycles. The van der Waals surface area contributed by atoms with Gasteiger partial charge in [0.25, 0.3) is 0 Å². The molecular weight excluding hydrogens is 388 g/mol. The molecule has 0 saturated heterocycles. The fraction of sp³-hybridized carbons (Fsp3) is 0.240. The molecule has 1 atom stereocenters. The standard InChI is InChI=1S/C25H28N4O2/c1-16-10-9-11-17(2)23(16)29-18(3)14-22(20(29)5)15-26-28-25(31)24(30)27-19(4)21-12-7-6-8-13-21/h6-15,19H,1-5H3,(H,27,30)(H,28,31)/b26-15-/t19-/m1/s1. The lowest BCUT2D eigenvalue weighted by atomic mass is 10.1. The number of hydrogen-bond donors (Lipinski definition) is 2. The van der Waals surface area contributed by atoms with Gasteiger partial charge in [-0.05, 0) is 57.4 Å². The zero-order chi connectivity index (χ0) is 22.5. The van der Waals surface area contributed by atoms with Crippen molar-refractivity contribution in [3.05, 3.63) is 88.2 Å². The molecule has 0 aliphatic rings. The van der Waals surface area contributed by atoms with Gasteiger partial charge in [-0.3, -0.25) is 9.59 Å². The van der Waals surface area contributed by atoms with Crippen molar-refractivity contribution in [3.8, 4) is 5.69 Å². The number of hydrogen-bond acceptors (Lipinski definition) is 3.